The minimum Gasteiger partial charge on any atom is -0.334 e. The molecule has 0 unspecified atom stereocenters. The Morgan fingerprint density at radius 1 is 1.29 bits per heavy atom. The van der Waals surface area contributed by atoms with Gasteiger partial charge in [0.25, 0.3) is 0 Å². The molecular weight excluding hydrogens is 210 g/mol. The van der Waals surface area contributed by atoms with Gasteiger partial charge in [0.2, 0.25) is 0 Å². The predicted molar refractivity (Wildman–Crippen MR) is 70.9 cm³/mol. The van der Waals surface area contributed by atoms with Crippen LogP contribution in [0.4, 0.5) is 0 Å². The molecular formula is C14H25N3. The average Bonchev–Trinajstić information content (AvgIpc) is 2.85. The van der Waals surface area contributed by atoms with Crippen molar-refractivity contribution in [2.24, 2.45) is 5.92 Å². The Bertz CT molecular complexity index is 324. The summed E-state index contributed by atoms with van der Waals surface area (Å²) in [6, 6.07) is 0.695. The highest BCUT2D eigenvalue weighted by molar-refractivity contribution is 4.98. The van der Waals surface area contributed by atoms with E-state index in [1.807, 2.05) is 6.33 Å². The summed E-state index contributed by atoms with van der Waals surface area (Å²) in [5, 5.41) is 3.32. The molecule has 0 aliphatic heterocycles. The third-order valence-corrected chi connectivity index (χ3v) is 4.03. The normalized spacial score (nSPS) is 25.1. The number of hydrogen-bond donors (Lipinski definition) is 1. The maximum atomic E-state index is 4.47. The van der Waals surface area contributed by atoms with E-state index in [0.717, 1.165) is 19.0 Å². The fourth-order valence-electron chi connectivity index (χ4n) is 2.77. The Hall–Kier alpha value is -0.830. The molecule has 0 atom stereocenters. The fraction of sp³-hybridized carbons (Fsp3) is 0.786. The van der Waals surface area contributed by atoms with Crippen molar-refractivity contribution in [1.29, 1.82) is 0 Å². The Balaban J connectivity index is 1.87. The van der Waals surface area contributed by atoms with E-state index in [1.165, 1.54) is 37.8 Å². The van der Waals surface area contributed by atoms with E-state index in [1.54, 1.807) is 0 Å². The summed E-state index contributed by atoms with van der Waals surface area (Å²) in [5.41, 5.74) is 1.17. The van der Waals surface area contributed by atoms with Crippen LogP contribution in [0.25, 0.3) is 0 Å². The molecule has 1 aromatic heterocycles. The topological polar surface area (TPSA) is 29.9 Å². The molecule has 1 aliphatic carbocycles. The molecule has 0 aromatic carbocycles. The second kappa shape index (κ2) is 6.20. The summed E-state index contributed by atoms with van der Waals surface area (Å²) in [5.74, 6) is 0.969. The molecule has 0 amide bonds. The molecule has 2 rings (SSSR count). The van der Waals surface area contributed by atoms with Gasteiger partial charge < -0.3 is 9.88 Å². The highest BCUT2D eigenvalue weighted by atomic mass is 15.1. The van der Waals surface area contributed by atoms with E-state index in [2.05, 4.69) is 34.9 Å². The molecule has 1 N–H and O–H groups in total. The van der Waals surface area contributed by atoms with Gasteiger partial charge in [0.15, 0.2) is 0 Å². The molecule has 1 heterocycles. The first-order chi connectivity index (χ1) is 8.33. The van der Waals surface area contributed by atoms with Crippen molar-refractivity contribution in [3.63, 3.8) is 0 Å². The van der Waals surface area contributed by atoms with Crippen LogP contribution in [-0.2, 0) is 6.54 Å². The van der Waals surface area contributed by atoms with E-state index in [-0.39, 0.29) is 0 Å². The Kier molecular flexibility index (Phi) is 4.60. The van der Waals surface area contributed by atoms with Crippen LogP contribution in [0.3, 0.4) is 0 Å². The van der Waals surface area contributed by atoms with Crippen molar-refractivity contribution in [2.75, 3.05) is 6.54 Å². The monoisotopic (exact) mass is 235 g/mol. The summed E-state index contributed by atoms with van der Waals surface area (Å²) in [6.07, 6.45) is 11.0. The maximum Gasteiger partial charge on any atom is 0.0952 e. The molecule has 1 fully saturated rings. The molecule has 3 heteroatoms. The zero-order chi connectivity index (χ0) is 12.1. The number of nitrogens with zero attached hydrogens (tertiary/aromatic N) is 2. The quantitative estimate of drug-likeness (QED) is 0.849. The van der Waals surface area contributed by atoms with Crippen molar-refractivity contribution in [3.8, 4) is 0 Å². The molecule has 1 aromatic rings. The third kappa shape index (κ3) is 3.32. The van der Waals surface area contributed by atoms with Crippen molar-refractivity contribution < 1.29 is 0 Å². The number of nitrogens with one attached hydrogen (secondary N) is 1. The highest BCUT2D eigenvalue weighted by Crippen LogP contribution is 2.33. The molecule has 1 aliphatic rings. The van der Waals surface area contributed by atoms with E-state index in [0.29, 0.717) is 6.04 Å². The minimum absolute atomic E-state index is 0.695. The van der Waals surface area contributed by atoms with Gasteiger partial charge in [-0.1, -0.05) is 20.3 Å². The van der Waals surface area contributed by atoms with Gasteiger partial charge in [0.05, 0.1) is 12.0 Å². The van der Waals surface area contributed by atoms with E-state index in [9.17, 15) is 0 Å². The number of aromatic nitrogens is 2. The maximum absolute atomic E-state index is 4.47. The predicted octanol–water partition coefficient (Wildman–Crippen LogP) is 3.13. The van der Waals surface area contributed by atoms with Gasteiger partial charge in [-0.25, -0.2) is 4.98 Å². The molecule has 0 radical (unpaired) electrons. The lowest BCUT2D eigenvalue weighted by molar-refractivity contribution is 0.269. The summed E-state index contributed by atoms with van der Waals surface area (Å²) >= 11 is 0. The lowest BCUT2D eigenvalue weighted by atomic mass is 9.84. The second-order valence-electron chi connectivity index (χ2n) is 5.18. The SMILES string of the molecule is CCNCc1cn(C2CCC(CC)CC2)cn1. The second-order valence-corrected chi connectivity index (χ2v) is 5.18. The average molecular weight is 235 g/mol. The minimum atomic E-state index is 0.695. The van der Waals surface area contributed by atoms with E-state index in [4.69, 9.17) is 0 Å². The Morgan fingerprint density at radius 3 is 2.71 bits per heavy atom. The van der Waals surface area contributed by atoms with Crippen LogP contribution >= 0.6 is 0 Å². The number of rotatable bonds is 5. The lowest BCUT2D eigenvalue weighted by Gasteiger charge is -2.28. The first-order valence-corrected chi connectivity index (χ1v) is 7.06. The van der Waals surface area contributed by atoms with Crippen LogP contribution in [0.1, 0.15) is 57.7 Å². The largest absolute Gasteiger partial charge is 0.334 e. The first kappa shape index (κ1) is 12.6. The van der Waals surface area contributed by atoms with Gasteiger partial charge in [0, 0.05) is 18.8 Å². The van der Waals surface area contributed by atoms with Gasteiger partial charge in [-0.2, -0.15) is 0 Å². The standard InChI is InChI=1S/C14H25N3/c1-3-12-5-7-14(8-6-12)17-10-13(16-11-17)9-15-4-2/h10-12,14-15H,3-9H2,1-2H3. The molecule has 17 heavy (non-hydrogen) atoms. The Labute approximate surface area is 105 Å². The zero-order valence-corrected chi connectivity index (χ0v) is 11.2. The van der Waals surface area contributed by atoms with Gasteiger partial charge in [-0.05, 0) is 38.1 Å². The van der Waals surface area contributed by atoms with Crippen LogP contribution < -0.4 is 5.32 Å². The van der Waals surface area contributed by atoms with E-state index >= 15 is 0 Å². The number of imidazole rings is 1. The van der Waals surface area contributed by atoms with Gasteiger partial charge in [-0.3, -0.25) is 0 Å². The molecule has 0 spiro atoms. The molecule has 1 saturated carbocycles. The van der Waals surface area contributed by atoms with Crippen LogP contribution in [0.5, 0.6) is 0 Å². The highest BCUT2D eigenvalue weighted by Gasteiger charge is 2.21. The van der Waals surface area contributed by atoms with Crippen LogP contribution in [-0.4, -0.2) is 16.1 Å². The van der Waals surface area contributed by atoms with Crippen molar-refractivity contribution in [3.05, 3.63) is 18.2 Å². The van der Waals surface area contributed by atoms with Gasteiger partial charge >= 0.3 is 0 Å². The summed E-state index contributed by atoms with van der Waals surface area (Å²) < 4.78 is 2.33. The van der Waals surface area contributed by atoms with E-state index < -0.39 is 0 Å². The van der Waals surface area contributed by atoms with Crippen LogP contribution in [0.15, 0.2) is 12.5 Å². The molecule has 0 bridgehead atoms. The molecule has 0 saturated heterocycles. The molecule has 3 nitrogen and oxygen atoms in total. The van der Waals surface area contributed by atoms with Crippen molar-refractivity contribution in [1.82, 2.24) is 14.9 Å². The Morgan fingerprint density at radius 2 is 2.06 bits per heavy atom. The first-order valence-electron chi connectivity index (χ1n) is 7.06. The zero-order valence-electron chi connectivity index (χ0n) is 11.2. The lowest BCUT2D eigenvalue weighted by Crippen LogP contribution is -2.17. The smallest absolute Gasteiger partial charge is 0.0952 e. The van der Waals surface area contributed by atoms with Crippen molar-refractivity contribution in [2.45, 2.75) is 58.5 Å². The fourth-order valence-corrected chi connectivity index (χ4v) is 2.77. The summed E-state index contributed by atoms with van der Waals surface area (Å²) in [6.45, 7) is 6.35. The molecule has 96 valence electrons. The van der Waals surface area contributed by atoms with Gasteiger partial charge in [-0.15, -0.1) is 0 Å². The van der Waals surface area contributed by atoms with Crippen LogP contribution in [0.2, 0.25) is 0 Å². The summed E-state index contributed by atoms with van der Waals surface area (Å²) in [4.78, 5) is 4.47. The summed E-state index contributed by atoms with van der Waals surface area (Å²) in [7, 11) is 0. The van der Waals surface area contributed by atoms with Crippen molar-refractivity contribution >= 4 is 0 Å². The third-order valence-electron chi connectivity index (χ3n) is 4.03. The van der Waals surface area contributed by atoms with Crippen LogP contribution in [0, 0.1) is 5.92 Å². The van der Waals surface area contributed by atoms with Gasteiger partial charge in [0.1, 0.15) is 0 Å². The number of hydrogen-bond acceptors (Lipinski definition) is 2.